The highest BCUT2D eigenvalue weighted by Crippen LogP contribution is 2.27. The van der Waals surface area contributed by atoms with Gasteiger partial charge in [0.25, 0.3) is 5.91 Å². The topological polar surface area (TPSA) is 84.2 Å². The predicted octanol–water partition coefficient (Wildman–Crippen LogP) is 3.36. The molecule has 2 atom stereocenters. The maximum Gasteiger partial charge on any atom is 0.252 e. The van der Waals surface area contributed by atoms with Crippen LogP contribution in [0.4, 0.5) is 5.69 Å². The summed E-state index contributed by atoms with van der Waals surface area (Å²) in [6.45, 7) is 2.59. The van der Waals surface area contributed by atoms with Gasteiger partial charge in [0.2, 0.25) is 5.91 Å². The van der Waals surface area contributed by atoms with Crippen molar-refractivity contribution in [2.75, 3.05) is 11.9 Å². The molecule has 0 aromatic heterocycles. The van der Waals surface area contributed by atoms with Crippen molar-refractivity contribution in [1.82, 2.24) is 5.32 Å². The van der Waals surface area contributed by atoms with E-state index in [1.807, 2.05) is 6.92 Å². The smallest absolute Gasteiger partial charge is 0.252 e. The van der Waals surface area contributed by atoms with Crippen LogP contribution in [-0.4, -0.2) is 24.4 Å². The maximum atomic E-state index is 12.1. The first-order chi connectivity index (χ1) is 11.0. The van der Waals surface area contributed by atoms with E-state index >= 15 is 0 Å². The predicted molar refractivity (Wildman–Crippen MR) is 99.9 cm³/mol. The number of rotatable bonds is 6. The molecule has 5 nitrogen and oxygen atoms in total. The summed E-state index contributed by atoms with van der Waals surface area (Å²) in [7, 11) is 0. The Bertz CT molecular complexity index is 581. The van der Waals surface area contributed by atoms with E-state index in [2.05, 4.69) is 10.6 Å². The summed E-state index contributed by atoms with van der Waals surface area (Å²) in [6, 6.07) is 5.05. The molecular formula is C17H25Cl2N3O2. The molecule has 1 aromatic rings. The Hall–Kier alpha value is -1.30. The maximum absolute atomic E-state index is 12.1. The molecule has 1 aliphatic carbocycles. The van der Waals surface area contributed by atoms with Crippen LogP contribution in [0, 0.1) is 5.92 Å². The number of carbonyl (C=O) groups excluding carboxylic acids is 2. The lowest BCUT2D eigenvalue weighted by Crippen LogP contribution is -2.28. The summed E-state index contributed by atoms with van der Waals surface area (Å²) in [5, 5.41) is 5.93. The lowest BCUT2D eigenvalue weighted by molar-refractivity contribution is -0.117. The van der Waals surface area contributed by atoms with Gasteiger partial charge in [0, 0.05) is 24.7 Å². The standard InChI is InChI=1S/C17H24ClN3O2.ClH/c1-2-8-20-17(23)13-7-6-12(10-14(13)18)21-16(22)9-11-4-3-5-15(11)19;/h6-7,10-11,15H,2-5,8-9,19H2,1H3,(H,20,23)(H,21,22);1H/t11-,15+;/m0./s1. The highest BCUT2D eigenvalue weighted by Gasteiger charge is 2.26. The fourth-order valence-electron chi connectivity index (χ4n) is 2.88. The molecule has 0 aliphatic heterocycles. The number of amides is 2. The molecule has 0 bridgehead atoms. The molecule has 2 rings (SSSR count). The highest BCUT2D eigenvalue weighted by molar-refractivity contribution is 6.34. The number of halogens is 2. The first kappa shape index (κ1) is 20.7. The molecule has 134 valence electrons. The zero-order valence-electron chi connectivity index (χ0n) is 13.8. The summed E-state index contributed by atoms with van der Waals surface area (Å²) >= 11 is 6.15. The molecule has 0 saturated heterocycles. The van der Waals surface area contributed by atoms with Crippen molar-refractivity contribution in [1.29, 1.82) is 0 Å². The average Bonchev–Trinajstić information content (AvgIpc) is 2.90. The second kappa shape index (κ2) is 9.87. The summed E-state index contributed by atoms with van der Waals surface area (Å²) in [5.41, 5.74) is 7.00. The summed E-state index contributed by atoms with van der Waals surface area (Å²) in [4.78, 5) is 24.0. The molecule has 1 saturated carbocycles. The third-order valence-electron chi connectivity index (χ3n) is 4.20. The van der Waals surface area contributed by atoms with Gasteiger partial charge in [0.05, 0.1) is 10.6 Å². The molecule has 0 unspecified atom stereocenters. The normalized spacial score (nSPS) is 19.5. The van der Waals surface area contributed by atoms with Gasteiger partial charge >= 0.3 is 0 Å². The minimum atomic E-state index is -0.202. The van der Waals surface area contributed by atoms with E-state index in [1.165, 1.54) is 0 Å². The first-order valence-corrected chi connectivity index (χ1v) is 8.52. The van der Waals surface area contributed by atoms with E-state index in [0.717, 1.165) is 25.7 Å². The Morgan fingerprint density at radius 3 is 2.67 bits per heavy atom. The molecule has 1 aliphatic rings. The molecule has 0 spiro atoms. The van der Waals surface area contributed by atoms with E-state index < -0.39 is 0 Å². The van der Waals surface area contributed by atoms with Crippen molar-refractivity contribution in [2.45, 2.75) is 45.1 Å². The number of hydrogen-bond acceptors (Lipinski definition) is 3. The van der Waals surface area contributed by atoms with Crippen molar-refractivity contribution in [3.63, 3.8) is 0 Å². The van der Waals surface area contributed by atoms with Crippen molar-refractivity contribution >= 4 is 41.5 Å². The summed E-state index contributed by atoms with van der Waals surface area (Å²) < 4.78 is 0. The second-order valence-electron chi connectivity index (χ2n) is 6.06. The van der Waals surface area contributed by atoms with Crippen LogP contribution in [0.2, 0.25) is 5.02 Å². The molecule has 1 aromatic carbocycles. The minimum absolute atomic E-state index is 0. The van der Waals surface area contributed by atoms with E-state index in [-0.39, 0.29) is 36.2 Å². The Morgan fingerprint density at radius 2 is 2.08 bits per heavy atom. The fraction of sp³-hybridized carbons (Fsp3) is 0.529. The Kier molecular flexibility index (Phi) is 8.53. The van der Waals surface area contributed by atoms with Gasteiger partial charge in [-0.05, 0) is 43.4 Å². The Balaban J connectivity index is 0.00000288. The number of hydrogen-bond donors (Lipinski definition) is 3. The zero-order valence-corrected chi connectivity index (χ0v) is 15.4. The molecule has 4 N–H and O–H groups in total. The van der Waals surface area contributed by atoms with E-state index in [4.69, 9.17) is 17.3 Å². The van der Waals surface area contributed by atoms with E-state index in [1.54, 1.807) is 18.2 Å². The zero-order chi connectivity index (χ0) is 16.8. The van der Waals surface area contributed by atoms with Gasteiger partial charge in [-0.25, -0.2) is 0 Å². The Labute approximate surface area is 154 Å². The molecule has 7 heteroatoms. The SMILES string of the molecule is CCCNC(=O)c1ccc(NC(=O)C[C@@H]2CCC[C@H]2N)cc1Cl.Cl. The number of nitrogens with two attached hydrogens (primary N) is 1. The third kappa shape index (κ3) is 5.65. The quantitative estimate of drug-likeness (QED) is 0.714. The van der Waals surface area contributed by atoms with Crippen LogP contribution in [0.1, 0.15) is 49.4 Å². The molecule has 24 heavy (non-hydrogen) atoms. The first-order valence-electron chi connectivity index (χ1n) is 8.14. The van der Waals surface area contributed by atoms with Crippen LogP contribution in [0.25, 0.3) is 0 Å². The van der Waals surface area contributed by atoms with Crippen LogP contribution in [0.3, 0.4) is 0 Å². The lowest BCUT2D eigenvalue weighted by atomic mass is 10.00. The lowest BCUT2D eigenvalue weighted by Gasteiger charge is -2.15. The van der Waals surface area contributed by atoms with Crippen molar-refractivity contribution in [2.24, 2.45) is 11.7 Å². The van der Waals surface area contributed by atoms with Gasteiger partial charge in [-0.3, -0.25) is 9.59 Å². The number of anilines is 1. The number of carbonyl (C=O) groups is 2. The minimum Gasteiger partial charge on any atom is -0.352 e. The monoisotopic (exact) mass is 373 g/mol. The van der Waals surface area contributed by atoms with Crippen molar-refractivity contribution < 1.29 is 9.59 Å². The van der Waals surface area contributed by atoms with E-state index in [0.29, 0.717) is 29.2 Å². The van der Waals surface area contributed by atoms with Crippen LogP contribution in [0.15, 0.2) is 18.2 Å². The molecular weight excluding hydrogens is 349 g/mol. The van der Waals surface area contributed by atoms with Crippen LogP contribution in [-0.2, 0) is 4.79 Å². The molecule has 0 heterocycles. The third-order valence-corrected chi connectivity index (χ3v) is 4.51. The van der Waals surface area contributed by atoms with E-state index in [9.17, 15) is 9.59 Å². The van der Waals surface area contributed by atoms with Gasteiger partial charge in [-0.15, -0.1) is 12.4 Å². The van der Waals surface area contributed by atoms with Crippen molar-refractivity contribution in [3.05, 3.63) is 28.8 Å². The van der Waals surface area contributed by atoms with Gasteiger partial charge in [0.15, 0.2) is 0 Å². The van der Waals surface area contributed by atoms with Gasteiger partial charge in [-0.2, -0.15) is 0 Å². The second-order valence-corrected chi connectivity index (χ2v) is 6.46. The van der Waals surface area contributed by atoms with Crippen LogP contribution in [0.5, 0.6) is 0 Å². The van der Waals surface area contributed by atoms with Crippen LogP contribution < -0.4 is 16.4 Å². The average molecular weight is 374 g/mol. The van der Waals surface area contributed by atoms with Gasteiger partial charge < -0.3 is 16.4 Å². The molecule has 1 fully saturated rings. The fourth-order valence-corrected chi connectivity index (χ4v) is 3.15. The summed E-state index contributed by atoms with van der Waals surface area (Å²) in [6.07, 6.45) is 4.38. The van der Waals surface area contributed by atoms with Gasteiger partial charge in [0.1, 0.15) is 0 Å². The number of nitrogens with one attached hydrogen (secondary N) is 2. The highest BCUT2D eigenvalue weighted by atomic mass is 35.5. The molecule has 2 amide bonds. The Morgan fingerprint density at radius 1 is 1.33 bits per heavy atom. The number of benzene rings is 1. The van der Waals surface area contributed by atoms with Gasteiger partial charge in [-0.1, -0.05) is 24.9 Å². The summed E-state index contributed by atoms with van der Waals surface area (Å²) in [5.74, 6) is -0.0113. The van der Waals surface area contributed by atoms with Crippen molar-refractivity contribution in [3.8, 4) is 0 Å². The largest absolute Gasteiger partial charge is 0.352 e. The molecule has 0 radical (unpaired) electrons. The van der Waals surface area contributed by atoms with Crippen LogP contribution >= 0.6 is 24.0 Å².